The molecule has 1 atom stereocenters. The van der Waals surface area contributed by atoms with Crippen molar-refractivity contribution in [2.75, 3.05) is 26.0 Å². The first-order valence-corrected chi connectivity index (χ1v) is 6.88. The highest BCUT2D eigenvalue weighted by Crippen LogP contribution is 2.21. The Kier molecular flexibility index (Phi) is 5.09. The van der Waals surface area contributed by atoms with Crippen LogP contribution in [-0.4, -0.2) is 39.9 Å². The molecule has 1 aromatic carbocycles. The van der Waals surface area contributed by atoms with Crippen LogP contribution in [0.5, 0.6) is 0 Å². The number of aliphatic hydroxyl groups excluding tert-OH is 1. The summed E-state index contributed by atoms with van der Waals surface area (Å²) in [6.07, 6.45) is -0.894. The van der Waals surface area contributed by atoms with E-state index in [1.54, 1.807) is 19.1 Å². The molecule has 0 radical (unpaired) electrons. The Labute approximate surface area is 107 Å². The quantitative estimate of drug-likeness (QED) is 0.627. The fourth-order valence-electron chi connectivity index (χ4n) is 1.57. The van der Waals surface area contributed by atoms with Crippen LogP contribution in [0.3, 0.4) is 0 Å². The van der Waals surface area contributed by atoms with E-state index in [4.69, 9.17) is 10.5 Å². The fraction of sp³-hybridized carbons (Fsp3) is 0.455. The van der Waals surface area contributed by atoms with Crippen LogP contribution in [0.25, 0.3) is 0 Å². The number of nitrogens with two attached hydrogens (primary N) is 1. The van der Waals surface area contributed by atoms with Gasteiger partial charge in [-0.1, -0.05) is 12.1 Å². The Hall–Kier alpha value is -1.15. The van der Waals surface area contributed by atoms with E-state index >= 15 is 0 Å². The monoisotopic (exact) mass is 274 g/mol. The maximum atomic E-state index is 12.0. The maximum Gasteiger partial charge on any atom is 0.242 e. The predicted molar refractivity (Wildman–Crippen MR) is 68.7 cm³/mol. The Balaban J connectivity index is 2.87. The molecule has 4 N–H and O–H groups in total. The lowest BCUT2D eigenvalue weighted by atomic mass is 10.2. The van der Waals surface area contributed by atoms with Crippen molar-refractivity contribution in [3.8, 4) is 0 Å². The SMILES string of the molecule is COCC(O)CNS(=O)(=O)c1c(C)cccc1N. The number of nitrogen functional groups attached to an aromatic ring is 1. The highest BCUT2D eigenvalue weighted by Gasteiger charge is 2.20. The molecule has 0 aliphatic heterocycles. The van der Waals surface area contributed by atoms with Crippen molar-refractivity contribution in [1.82, 2.24) is 4.72 Å². The molecule has 6 nitrogen and oxygen atoms in total. The van der Waals surface area contributed by atoms with Gasteiger partial charge in [0.05, 0.1) is 18.4 Å². The second-order valence-corrected chi connectivity index (χ2v) is 5.66. The molecule has 0 saturated carbocycles. The van der Waals surface area contributed by atoms with E-state index in [0.717, 1.165) is 0 Å². The highest BCUT2D eigenvalue weighted by molar-refractivity contribution is 7.89. The minimum Gasteiger partial charge on any atom is -0.398 e. The molecule has 0 aromatic heterocycles. The van der Waals surface area contributed by atoms with Gasteiger partial charge < -0.3 is 15.6 Å². The standard InChI is InChI=1S/C11H18N2O4S/c1-8-4-3-5-10(12)11(8)18(15,16)13-6-9(14)7-17-2/h3-5,9,13-14H,6-7,12H2,1-2H3. The molecule has 18 heavy (non-hydrogen) atoms. The first-order valence-electron chi connectivity index (χ1n) is 5.40. The molecular weight excluding hydrogens is 256 g/mol. The Bertz CT molecular complexity index is 482. The average Bonchev–Trinajstić information content (AvgIpc) is 2.26. The number of hydrogen-bond donors (Lipinski definition) is 3. The number of methoxy groups -OCH3 is 1. The summed E-state index contributed by atoms with van der Waals surface area (Å²) in [5, 5.41) is 9.41. The molecule has 0 aliphatic rings. The molecule has 0 saturated heterocycles. The van der Waals surface area contributed by atoms with Crippen LogP contribution in [-0.2, 0) is 14.8 Å². The molecule has 0 amide bonds. The summed E-state index contributed by atoms with van der Waals surface area (Å²) in [6.45, 7) is 1.60. The van der Waals surface area contributed by atoms with Crippen LogP contribution in [0.15, 0.2) is 23.1 Å². The minimum atomic E-state index is -3.73. The number of ether oxygens (including phenoxy) is 1. The molecule has 1 aromatic rings. The lowest BCUT2D eigenvalue weighted by Gasteiger charge is -2.14. The van der Waals surface area contributed by atoms with Crippen molar-refractivity contribution in [2.45, 2.75) is 17.9 Å². The number of rotatable bonds is 6. The normalized spacial score (nSPS) is 13.5. The predicted octanol–water partition coefficient (Wildman–Crippen LogP) is -0.137. The zero-order valence-corrected chi connectivity index (χ0v) is 11.2. The first-order chi connectivity index (χ1) is 8.38. The summed E-state index contributed by atoms with van der Waals surface area (Å²) >= 11 is 0. The summed E-state index contributed by atoms with van der Waals surface area (Å²) in [7, 11) is -2.30. The summed E-state index contributed by atoms with van der Waals surface area (Å²) < 4.78 is 31.1. The summed E-state index contributed by atoms with van der Waals surface area (Å²) in [5.41, 5.74) is 6.41. The third-order valence-corrected chi connectivity index (χ3v) is 4.02. The second-order valence-electron chi connectivity index (χ2n) is 3.95. The van der Waals surface area contributed by atoms with Gasteiger partial charge in [0, 0.05) is 13.7 Å². The van der Waals surface area contributed by atoms with Gasteiger partial charge in [-0.05, 0) is 18.6 Å². The van der Waals surface area contributed by atoms with Gasteiger partial charge in [0.15, 0.2) is 0 Å². The third-order valence-electron chi connectivity index (χ3n) is 2.38. The summed E-state index contributed by atoms with van der Waals surface area (Å²) in [5.74, 6) is 0. The van der Waals surface area contributed by atoms with E-state index in [1.165, 1.54) is 13.2 Å². The molecule has 0 spiro atoms. The van der Waals surface area contributed by atoms with Crippen LogP contribution in [0, 0.1) is 6.92 Å². The van der Waals surface area contributed by atoms with Crippen molar-refractivity contribution < 1.29 is 18.3 Å². The molecule has 1 rings (SSSR count). The molecule has 0 aliphatic carbocycles. The number of anilines is 1. The van der Waals surface area contributed by atoms with Crippen LogP contribution in [0.1, 0.15) is 5.56 Å². The molecule has 0 bridgehead atoms. The van der Waals surface area contributed by atoms with Gasteiger partial charge >= 0.3 is 0 Å². The first kappa shape index (κ1) is 14.9. The lowest BCUT2D eigenvalue weighted by molar-refractivity contribution is 0.0679. The number of hydrogen-bond acceptors (Lipinski definition) is 5. The average molecular weight is 274 g/mol. The molecule has 0 heterocycles. The zero-order valence-electron chi connectivity index (χ0n) is 10.4. The van der Waals surface area contributed by atoms with Gasteiger partial charge in [-0.3, -0.25) is 0 Å². The molecule has 102 valence electrons. The molecule has 7 heteroatoms. The molecule has 1 unspecified atom stereocenters. The van der Waals surface area contributed by atoms with E-state index in [2.05, 4.69) is 4.72 Å². The number of benzene rings is 1. The van der Waals surface area contributed by atoms with Crippen LogP contribution in [0.2, 0.25) is 0 Å². The van der Waals surface area contributed by atoms with Gasteiger partial charge in [-0.2, -0.15) is 0 Å². The summed E-state index contributed by atoms with van der Waals surface area (Å²) in [6, 6.07) is 4.87. The van der Waals surface area contributed by atoms with Crippen LogP contribution < -0.4 is 10.5 Å². The number of aryl methyl sites for hydroxylation is 1. The van der Waals surface area contributed by atoms with E-state index < -0.39 is 16.1 Å². The van der Waals surface area contributed by atoms with Crippen LogP contribution in [0.4, 0.5) is 5.69 Å². The van der Waals surface area contributed by atoms with Crippen molar-refractivity contribution in [3.63, 3.8) is 0 Å². The van der Waals surface area contributed by atoms with E-state index in [0.29, 0.717) is 5.56 Å². The van der Waals surface area contributed by atoms with Gasteiger partial charge in [-0.15, -0.1) is 0 Å². The highest BCUT2D eigenvalue weighted by atomic mass is 32.2. The topological polar surface area (TPSA) is 102 Å². The van der Waals surface area contributed by atoms with E-state index in [9.17, 15) is 13.5 Å². The number of aliphatic hydroxyl groups is 1. The van der Waals surface area contributed by atoms with Gasteiger partial charge in [-0.25, -0.2) is 13.1 Å². The van der Waals surface area contributed by atoms with Gasteiger partial charge in [0.2, 0.25) is 10.0 Å². The van der Waals surface area contributed by atoms with Crippen LogP contribution >= 0.6 is 0 Å². The van der Waals surface area contributed by atoms with Crippen molar-refractivity contribution in [2.24, 2.45) is 0 Å². The Morgan fingerprint density at radius 1 is 1.50 bits per heavy atom. The Morgan fingerprint density at radius 3 is 2.72 bits per heavy atom. The second kappa shape index (κ2) is 6.14. The van der Waals surface area contributed by atoms with Crippen molar-refractivity contribution >= 4 is 15.7 Å². The fourth-order valence-corrected chi connectivity index (χ4v) is 3.00. The Morgan fingerprint density at radius 2 is 2.17 bits per heavy atom. The van der Waals surface area contributed by atoms with Crippen molar-refractivity contribution in [3.05, 3.63) is 23.8 Å². The lowest BCUT2D eigenvalue weighted by Crippen LogP contribution is -2.35. The smallest absolute Gasteiger partial charge is 0.242 e. The van der Waals surface area contributed by atoms with Crippen molar-refractivity contribution in [1.29, 1.82) is 0 Å². The van der Waals surface area contributed by atoms with Gasteiger partial charge in [0.1, 0.15) is 4.90 Å². The summed E-state index contributed by atoms with van der Waals surface area (Å²) in [4.78, 5) is 0.0506. The number of sulfonamides is 1. The third kappa shape index (κ3) is 3.67. The zero-order chi connectivity index (χ0) is 13.8. The number of nitrogens with one attached hydrogen (secondary N) is 1. The molecule has 0 fully saturated rings. The van der Waals surface area contributed by atoms with E-state index in [1.807, 2.05) is 0 Å². The maximum absolute atomic E-state index is 12.0. The van der Waals surface area contributed by atoms with Gasteiger partial charge in [0.25, 0.3) is 0 Å². The molecular formula is C11H18N2O4S. The largest absolute Gasteiger partial charge is 0.398 e. The minimum absolute atomic E-state index is 0.0506. The van der Waals surface area contributed by atoms with E-state index in [-0.39, 0.29) is 23.7 Å².